The van der Waals surface area contributed by atoms with Gasteiger partial charge in [-0.2, -0.15) is 0 Å². The van der Waals surface area contributed by atoms with Crippen LogP contribution >= 0.6 is 20.2 Å². The molecule has 0 amide bonds. The monoisotopic (exact) mass is 550 g/mol. The molecule has 2 rings (SSSR count). The van der Waals surface area contributed by atoms with Gasteiger partial charge >= 0.3 is 18.9 Å². The van der Waals surface area contributed by atoms with Gasteiger partial charge in [0.05, 0.1) is 23.0 Å². The van der Waals surface area contributed by atoms with Gasteiger partial charge in [-0.25, -0.2) is 0 Å². The van der Waals surface area contributed by atoms with E-state index in [1.165, 1.54) is 7.11 Å². The van der Waals surface area contributed by atoms with Crippen LogP contribution in [-0.2, 0) is 14.2 Å². The first-order valence-electron chi connectivity index (χ1n) is 11.9. The number of hydrogen-bond acceptors (Lipinski definition) is 8. The fourth-order valence-corrected chi connectivity index (χ4v) is 4.82. The third-order valence-electron chi connectivity index (χ3n) is 4.79. The van der Waals surface area contributed by atoms with Crippen LogP contribution in [-0.4, -0.2) is 70.2 Å². The van der Waals surface area contributed by atoms with Crippen LogP contribution in [0.15, 0.2) is 30.3 Å². The van der Waals surface area contributed by atoms with Crippen molar-refractivity contribution in [3.63, 3.8) is 0 Å². The van der Waals surface area contributed by atoms with Gasteiger partial charge < -0.3 is 33.2 Å². The molecule has 0 aromatic heterocycles. The molecule has 0 aliphatic heterocycles. The molecule has 0 saturated carbocycles. The molecular formula is C26H37ClLiO8P. The fourth-order valence-electron chi connectivity index (χ4n) is 3.37. The normalized spacial score (nSPS) is 13.5. The average Bonchev–Trinajstić information content (AvgIpc) is 2.81. The molecular weight excluding hydrogens is 514 g/mol. The summed E-state index contributed by atoms with van der Waals surface area (Å²) in [5, 5.41) is 0.823. The number of carbonyl (C=O) groups excluding carboxylic acids is 1. The Morgan fingerprint density at radius 2 is 1.32 bits per heavy atom. The second kappa shape index (κ2) is 17.2. The molecule has 0 aliphatic carbocycles. The summed E-state index contributed by atoms with van der Waals surface area (Å²) in [4.78, 5) is 13.5. The predicted octanol–water partition coefficient (Wildman–Crippen LogP) is 5.13. The minimum absolute atomic E-state index is 0. The van der Waals surface area contributed by atoms with Gasteiger partial charge in [0.2, 0.25) is 0 Å². The van der Waals surface area contributed by atoms with E-state index in [1.807, 2.05) is 20.8 Å². The minimum atomic E-state index is -0.583. The van der Waals surface area contributed by atoms with E-state index in [0.717, 1.165) is 0 Å². The van der Waals surface area contributed by atoms with Crippen LogP contribution in [0.4, 0.5) is 0 Å². The number of methoxy groups -OCH3 is 1. The molecule has 2 aromatic carbocycles. The van der Waals surface area contributed by atoms with E-state index in [-0.39, 0.29) is 29.9 Å². The Morgan fingerprint density at radius 1 is 0.838 bits per heavy atom. The Morgan fingerprint density at radius 3 is 1.78 bits per heavy atom. The molecule has 4 atom stereocenters. The van der Waals surface area contributed by atoms with E-state index in [2.05, 4.69) is 0 Å². The SMILES string of the molecule is CCOC(C)Oc1cc(OC(C)OCC)c(PC(=O)c2c(Cl)cccc2OC)c(OC(C)OCC)c1.[LiH]. The average molecular weight is 551 g/mol. The molecule has 2 aromatic rings. The van der Waals surface area contributed by atoms with Crippen molar-refractivity contribution < 1.29 is 38.0 Å². The second-order valence-electron chi connectivity index (χ2n) is 7.49. The van der Waals surface area contributed by atoms with Crippen molar-refractivity contribution in [1.29, 1.82) is 0 Å². The van der Waals surface area contributed by atoms with Crippen LogP contribution in [0, 0.1) is 0 Å². The van der Waals surface area contributed by atoms with Crippen molar-refractivity contribution in [3.8, 4) is 23.0 Å². The number of benzene rings is 2. The Kier molecular flexibility index (Phi) is 15.6. The van der Waals surface area contributed by atoms with Crippen LogP contribution in [0.1, 0.15) is 51.9 Å². The summed E-state index contributed by atoms with van der Waals surface area (Å²) in [5.74, 6) is 1.60. The molecule has 0 fully saturated rings. The zero-order chi connectivity index (χ0) is 26.7. The van der Waals surface area contributed by atoms with Gasteiger partial charge in [0.25, 0.3) is 0 Å². The molecule has 4 unspecified atom stereocenters. The zero-order valence-corrected chi connectivity index (χ0v) is 23.6. The third kappa shape index (κ3) is 10.3. The molecule has 11 heteroatoms. The predicted molar refractivity (Wildman–Crippen MR) is 149 cm³/mol. The first kappa shape index (κ1) is 33.5. The summed E-state index contributed by atoms with van der Waals surface area (Å²) >= 11 is 6.38. The van der Waals surface area contributed by atoms with Crippen molar-refractivity contribution in [2.24, 2.45) is 0 Å². The third-order valence-corrected chi connectivity index (χ3v) is 6.33. The van der Waals surface area contributed by atoms with E-state index in [1.54, 1.807) is 51.1 Å². The number of hydrogen-bond donors (Lipinski definition) is 0. The molecule has 0 radical (unpaired) electrons. The second-order valence-corrected chi connectivity index (χ2v) is 9.10. The number of carbonyl (C=O) groups is 1. The fraction of sp³-hybridized carbons (Fsp3) is 0.500. The Balaban J connectivity index is 0.00000684. The molecule has 0 spiro atoms. The summed E-state index contributed by atoms with van der Waals surface area (Å²) in [6.45, 7) is 12.4. The first-order chi connectivity index (χ1) is 17.2. The maximum atomic E-state index is 13.5. The summed E-state index contributed by atoms with van der Waals surface area (Å²) in [6, 6.07) is 8.46. The number of halogens is 1. The number of ether oxygens (including phenoxy) is 7. The van der Waals surface area contributed by atoms with Gasteiger partial charge in [0, 0.05) is 32.0 Å². The van der Waals surface area contributed by atoms with E-state index in [9.17, 15) is 4.79 Å². The molecule has 0 N–H and O–H groups in total. The topological polar surface area (TPSA) is 81.7 Å². The van der Waals surface area contributed by atoms with E-state index >= 15 is 0 Å². The molecule has 0 aliphatic rings. The molecule has 37 heavy (non-hydrogen) atoms. The van der Waals surface area contributed by atoms with Gasteiger partial charge in [-0.05, 0) is 62.3 Å². The van der Waals surface area contributed by atoms with Gasteiger partial charge in [0.15, 0.2) is 24.4 Å². The quantitative estimate of drug-likeness (QED) is 0.162. The van der Waals surface area contributed by atoms with Gasteiger partial charge in [-0.15, -0.1) is 0 Å². The number of rotatable bonds is 16. The maximum absolute atomic E-state index is 13.5. The van der Waals surface area contributed by atoms with Crippen molar-refractivity contribution in [3.05, 3.63) is 40.9 Å². The Hall–Kier alpha value is -1.49. The summed E-state index contributed by atoms with van der Waals surface area (Å²) < 4.78 is 40.2. The van der Waals surface area contributed by atoms with Crippen LogP contribution in [0.3, 0.4) is 0 Å². The molecule has 0 saturated heterocycles. The van der Waals surface area contributed by atoms with Gasteiger partial charge in [-0.3, -0.25) is 4.79 Å². The van der Waals surface area contributed by atoms with Crippen molar-refractivity contribution in [2.75, 3.05) is 26.9 Å². The van der Waals surface area contributed by atoms with Crippen molar-refractivity contribution in [1.82, 2.24) is 0 Å². The van der Waals surface area contributed by atoms with Crippen LogP contribution in [0.5, 0.6) is 23.0 Å². The molecule has 0 heterocycles. The summed E-state index contributed by atoms with van der Waals surface area (Å²) in [6.07, 6.45) is -1.67. The Bertz CT molecular complexity index is 958. The summed E-state index contributed by atoms with van der Waals surface area (Å²) in [5.41, 5.74) is 0.0505. The van der Waals surface area contributed by atoms with Crippen LogP contribution in [0.25, 0.3) is 0 Å². The van der Waals surface area contributed by atoms with E-state index < -0.39 is 27.5 Å². The molecule has 202 valence electrons. The molecule has 0 bridgehead atoms. The van der Waals surface area contributed by atoms with E-state index in [0.29, 0.717) is 53.1 Å². The first-order valence-corrected chi connectivity index (χ1v) is 13.3. The van der Waals surface area contributed by atoms with Crippen LogP contribution in [0.2, 0.25) is 5.02 Å². The zero-order valence-electron chi connectivity index (χ0n) is 21.9. The van der Waals surface area contributed by atoms with Gasteiger partial charge in [-0.1, -0.05) is 17.7 Å². The molecule has 8 nitrogen and oxygen atoms in total. The standard InChI is InChI=1S/C26H36ClO8P.Li.H/c1-8-30-16(4)33-19-14-22(34-17(5)31-9-2)25(23(15-19)35-18(6)32-10-3)36-26(28)24-20(27)12-11-13-21(24)29-7;;/h11-18,36H,8-10H2,1-7H3;;. The van der Waals surface area contributed by atoms with E-state index in [4.69, 9.17) is 44.8 Å². The van der Waals surface area contributed by atoms with Crippen LogP contribution < -0.4 is 24.3 Å². The van der Waals surface area contributed by atoms with Crippen molar-refractivity contribution in [2.45, 2.75) is 60.4 Å². The van der Waals surface area contributed by atoms with Crippen molar-refractivity contribution >= 4 is 49.9 Å². The Labute approximate surface area is 238 Å². The summed E-state index contributed by atoms with van der Waals surface area (Å²) in [7, 11) is 1.09. The van der Waals surface area contributed by atoms with Gasteiger partial charge in [0.1, 0.15) is 23.0 Å².